The quantitative estimate of drug-likeness (QED) is 0.439. The minimum atomic E-state index is 0.719. The summed E-state index contributed by atoms with van der Waals surface area (Å²) in [6, 6.07) is 8.05. The van der Waals surface area contributed by atoms with Crippen LogP contribution in [-0.2, 0) is 12.8 Å². The van der Waals surface area contributed by atoms with Gasteiger partial charge in [0.2, 0.25) is 0 Å². The van der Waals surface area contributed by atoms with Crippen molar-refractivity contribution >= 4 is 38.1 Å². The van der Waals surface area contributed by atoms with E-state index < -0.39 is 0 Å². The summed E-state index contributed by atoms with van der Waals surface area (Å²) < 4.78 is 1.81. The molecule has 0 unspecified atom stereocenters. The van der Waals surface area contributed by atoms with Crippen LogP contribution in [0.2, 0.25) is 0 Å². The van der Waals surface area contributed by atoms with E-state index in [1.807, 2.05) is 28.8 Å². The van der Waals surface area contributed by atoms with Crippen LogP contribution < -0.4 is 0 Å². The fourth-order valence-electron chi connectivity index (χ4n) is 3.61. The number of fused-ring (bicyclic) bond motifs is 8. The first kappa shape index (κ1) is 11.9. The van der Waals surface area contributed by atoms with Crippen LogP contribution >= 0.6 is 11.3 Å². The van der Waals surface area contributed by atoms with Crippen LogP contribution in [0.4, 0.5) is 0 Å². The smallest absolute Gasteiger partial charge is 0.183 e. The molecule has 2 aliphatic heterocycles. The van der Waals surface area contributed by atoms with Crippen molar-refractivity contribution in [1.82, 2.24) is 24.6 Å². The highest BCUT2D eigenvalue weighted by Crippen LogP contribution is 2.38. The number of hydrogen-bond acceptors (Lipinski definition) is 5. The predicted octanol–water partition coefficient (Wildman–Crippen LogP) is 3.48. The molecule has 0 saturated carbocycles. The molecule has 2 aromatic heterocycles. The number of aromatic nitrogens is 5. The summed E-state index contributed by atoms with van der Waals surface area (Å²) in [6.07, 6.45) is 5.29. The zero-order valence-electron chi connectivity index (χ0n) is 12.2. The lowest BCUT2D eigenvalue weighted by molar-refractivity contribution is 0.879. The molecule has 6 heteroatoms. The van der Waals surface area contributed by atoms with E-state index in [-0.39, 0.29) is 0 Å². The third-order valence-corrected chi connectivity index (χ3v) is 5.84. The van der Waals surface area contributed by atoms with E-state index >= 15 is 0 Å². The van der Waals surface area contributed by atoms with E-state index in [0.29, 0.717) is 0 Å². The molecule has 6 rings (SSSR count). The Morgan fingerprint density at radius 1 is 1.09 bits per heavy atom. The molecule has 0 saturated heterocycles. The van der Waals surface area contributed by atoms with Gasteiger partial charge in [-0.05, 0) is 30.9 Å². The molecule has 0 amide bonds. The molecule has 0 radical (unpaired) electrons. The van der Waals surface area contributed by atoms with E-state index in [2.05, 4.69) is 9.97 Å². The molecule has 23 heavy (non-hydrogen) atoms. The fraction of sp³-hybridized carbons (Fsp3) is 0.176. The van der Waals surface area contributed by atoms with Crippen molar-refractivity contribution in [3.8, 4) is 11.5 Å². The number of rotatable bonds is 0. The minimum absolute atomic E-state index is 0.719. The third kappa shape index (κ3) is 1.46. The average Bonchev–Trinajstić information content (AvgIpc) is 3.24. The van der Waals surface area contributed by atoms with E-state index in [0.717, 1.165) is 45.7 Å². The minimum Gasteiger partial charge on any atom is -0.226 e. The van der Waals surface area contributed by atoms with Crippen LogP contribution in [0.1, 0.15) is 16.9 Å². The molecular weight excluding hydrogens is 306 g/mol. The summed E-state index contributed by atoms with van der Waals surface area (Å²) >= 11 is 1.80. The maximum Gasteiger partial charge on any atom is 0.183 e. The molecule has 0 bridgehead atoms. The Balaban J connectivity index is 1.83. The zero-order chi connectivity index (χ0) is 15.0. The van der Waals surface area contributed by atoms with Gasteiger partial charge in [-0.2, -0.15) is 5.10 Å². The Morgan fingerprint density at radius 3 is 3.04 bits per heavy atom. The molecule has 1 aromatic carbocycles. The highest BCUT2D eigenvalue weighted by molar-refractivity contribution is 7.19. The first-order valence-corrected chi connectivity index (χ1v) is 8.54. The van der Waals surface area contributed by atoms with Crippen molar-refractivity contribution in [3.05, 3.63) is 41.0 Å². The van der Waals surface area contributed by atoms with Crippen LogP contribution in [0.25, 0.3) is 38.3 Å². The fourth-order valence-corrected chi connectivity index (χ4v) is 4.84. The average molecular weight is 317 g/mol. The number of hydrogen-bond donors (Lipinski definition) is 0. The van der Waals surface area contributed by atoms with Gasteiger partial charge < -0.3 is 0 Å². The molecular formula is C17H11N5S. The molecule has 3 aliphatic rings. The molecule has 4 heterocycles. The van der Waals surface area contributed by atoms with E-state index in [4.69, 9.17) is 10.1 Å². The van der Waals surface area contributed by atoms with Crippen molar-refractivity contribution in [1.29, 1.82) is 0 Å². The number of aryl methyl sites for hydroxylation is 2. The molecule has 0 N–H and O–H groups in total. The second kappa shape index (κ2) is 4.02. The van der Waals surface area contributed by atoms with Crippen LogP contribution in [-0.4, -0.2) is 24.6 Å². The lowest BCUT2D eigenvalue weighted by atomic mass is 10.2. The standard InChI is InChI=1S/C17H11N5S/c1-2-6-11-9(4-1)14-15(19-11)20-16-13-10-5-3-7-12(10)23-17(13)18-8-22(16)21-14/h1-2,4,6,8H,3,5,7H2. The van der Waals surface area contributed by atoms with Gasteiger partial charge in [-0.1, -0.05) is 18.2 Å². The molecule has 0 spiro atoms. The number of para-hydroxylation sites is 1. The Kier molecular flexibility index (Phi) is 2.08. The summed E-state index contributed by atoms with van der Waals surface area (Å²) in [7, 11) is 0. The molecule has 3 aromatic rings. The summed E-state index contributed by atoms with van der Waals surface area (Å²) in [5.74, 6) is 0.719. The highest BCUT2D eigenvalue weighted by atomic mass is 32.1. The summed E-state index contributed by atoms with van der Waals surface area (Å²) in [5, 5.41) is 6.97. The van der Waals surface area contributed by atoms with Crippen molar-refractivity contribution in [3.63, 3.8) is 0 Å². The Hall–Kier alpha value is -2.60. The molecule has 1 aliphatic carbocycles. The monoisotopic (exact) mass is 317 g/mol. The SMILES string of the molecule is c1ccc2c3nn4cnc5sc6c(c5c4nc-3nc2c1)CCC6. The predicted molar refractivity (Wildman–Crippen MR) is 90.1 cm³/mol. The van der Waals surface area contributed by atoms with Gasteiger partial charge in [-0.25, -0.2) is 19.5 Å². The molecule has 5 nitrogen and oxygen atoms in total. The largest absolute Gasteiger partial charge is 0.226 e. The number of thiophene rings is 1. The van der Waals surface area contributed by atoms with Gasteiger partial charge in [-0.15, -0.1) is 11.3 Å². The van der Waals surface area contributed by atoms with Gasteiger partial charge in [0.1, 0.15) is 16.9 Å². The summed E-state index contributed by atoms with van der Waals surface area (Å²) in [4.78, 5) is 16.6. The van der Waals surface area contributed by atoms with Gasteiger partial charge in [0.15, 0.2) is 11.5 Å². The van der Waals surface area contributed by atoms with Gasteiger partial charge in [-0.3, -0.25) is 0 Å². The number of benzene rings is 1. The first-order valence-electron chi connectivity index (χ1n) is 7.72. The maximum absolute atomic E-state index is 4.85. The van der Waals surface area contributed by atoms with Crippen LogP contribution in [0.3, 0.4) is 0 Å². The summed E-state index contributed by atoms with van der Waals surface area (Å²) in [6.45, 7) is 0. The second-order valence-corrected chi connectivity index (χ2v) is 7.05. The second-order valence-electron chi connectivity index (χ2n) is 5.96. The Bertz CT molecular complexity index is 1200. The van der Waals surface area contributed by atoms with Gasteiger partial charge in [0, 0.05) is 10.3 Å². The molecule has 0 fully saturated rings. The van der Waals surface area contributed by atoms with E-state index in [1.54, 1.807) is 17.7 Å². The van der Waals surface area contributed by atoms with Crippen molar-refractivity contribution < 1.29 is 0 Å². The first-order chi connectivity index (χ1) is 11.4. The van der Waals surface area contributed by atoms with Gasteiger partial charge in [0.05, 0.1) is 10.9 Å². The third-order valence-electron chi connectivity index (χ3n) is 4.64. The zero-order valence-corrected chi connectivity index (χ0v) is 13.0. The topological polar surface area (TPSA) is 56.0 Å². The van der Waals surface area contributed by atoms with E-state index in [9.17, 15) is 0 Å². The lowest BCUT2D eigenvalue weighted by Gasteiger charge is -2.05. The Morgan fingerprint density at radius 2 is 2.04 bits per heavy atom. The highest BCUT2D eigenvalue weighted by Gasteiger charge is 2.23. The summed E-state index contributed by atoms with van der Waals surface area (Å²) in [5.41, 5.74) is 4.08. The number of nitrogens with zero attached hydrogens (tertiary/aromatic N) is 5. The van der Waals surface area contributed by atoms with Crippen LogP contribution in [0.15, 0.2) is 30.6 Å². The maximum atomic E-state index is 4.85. The van der Waals surface area contributed by atoms with Gasteiger partial charge >= 0.3 is 0 Å². The van der Waals surface area contributed by atoms with Crippen LogP contribution in [0, 0.1) is 0 Å². The lowest BCUT2D eigenvalue weighted by Crippen LogP contribution is -2.03. The van der Waals surface area contributed by atoms with Crippen LogP contribution in [0.5, 0.6) is 0 Å². The normalized spacial score (nSPS) is 14.4. The van der Waals surface area contributed by atoms with Crippen molar-refractivity contribution in [2.75, 3.05) is 0 Å². The van der Waals surface area contributed by atoms with Crippen molar-refractivity contribution in [2.45, 2.75) is 19.3 Å². The molecule has 0 atom stereocenters. The van der Waals surface area contributed by atoms with Crippen molar-refractivity contribution in [2.24, 2.45) is 0 Å². The Labute approximate surface area is 135 Å². The molecule has 110 valence electrons. The van der Waals surface area contributed by atoms with E-state index in [1.165, 1.54) is 22.2 Å². The van der Waals surface area contributed by atoms with Gasteiger partial charge in [0.25, 0.3) is 0 Å².